The Labute approximate surface area is 112 Å². The van der Waals surface area contributed by atoms with Gasteiger partial charge in [0.25, 0.3) is 5.91 Å². The van der Waals surface area contributed by atoms with Gasteiger partial charge >= 0.3 is 5.97 Å². The molecule has 0 radical (unpaired) electrons. The quantitative estimate of drug-likeness (QED) is 0.904. The zero-order chi connectivity index (χ0) is 14.0. The Bertz CT molecular complexity index is 638. The number of benzene rings is 1. The lowest BCUT2D eigenvalue weighted by atomic mass is 10.2. The molecule has 2 N–H and O–H groups in total. The summed E-state index contributed by atoms with van der Waals surface area (Å²) in [6, 6.07) is 5.92. The maximum absolute atomic E-state index is 13.0. The zero-order valence-corrected chi connectivity index (χ0v) is 11.0. The van der Waals surface area contributed by atoms with Crippen LogP contribution in [0.3, 0.4) is 0 Å². The molecule has 0 aliphatic carbocycles. The van der Waals surface area contributed by atoms with Crippen LogP contribution in [0.4, 0.5) is 4.39 Å². The Morgan fingerprint density at radius 2 is 2.16 bits per heavy atom. The number of nitrogens with one attached hydrogen (secondary N) is 1. The molecule has 0 bridgehead atoms. The van der Waals surface area contributed by atoms with Crippen molar-refractivity contribution in [2.45, 2.75) is 6.92 Å². The van der Waals surface area contributed by atoms with Crippen LogP contribution in [0.1, 0.15) is 16.6 Å². The van der Waals surface area contributed by atoms with Gasteiger partial charge in [-0.15, -0.1) is 11.3 Å². The largest absolute Gasteiger partial charge is 0.481 e. The lowest BCUT2D eigenvalue weighted by molar-refractivity contribution is -0.140. The molecule has 2 rings (SSSR count). The summed E-state index contributed by atoms with van der Waals surface area (Å²) in [5.41, 5.74) is 0. The Kier molecular flexibility index (Phi) is 3.80. The number of fused-ring (bicyclic) bond motifs is 1. The van der Waals surface area contributed by atoms with Crippen LogP contribution in [0, 0.1) is 11.7 Å². The molecule has 1 atom stereocenters. The maximum atomic E-state index is 13.0. The summed E-state index contributed by atoms with van der Waals surface area (Å²) < 4.78 is 13.8. The van der Waals surface area contributed by atoms with E-state index < -0.39 is 11.9 Å². The van der Waals surface area contributed by atoms with Crippen molar-refractivity contribution in [3.05, 3.63) is 35.0 Å². The summed E-state index contributed by atoms with van der Waals surface area (Å²) in [7, 11) is 0. The summed E-state index contributed by atoms with van der Waals surface area (Å²) in [6.45, 7) is 1.58. The fourth-order valence-electron chi connectivity index (χ4n) is 1.55. The number of rotatable bonds is 4. The molecule has 6 heteroatoms. The van der Waals surface area contributed by atoms with E-state index in [1.54, 1.807) is 12.1 Å². The molecule has 0 fully saturated rings. The average Bonchev–Trinajstić information content (AvgIpc) is 2.78. The second-order valence-electron chi connectivity index (χ2n) is 4.24. The standard InChI is InChI=1S/C13H12FNO3S/c1-7(13(17)18)6-15-12(16)11-5-8-4-9(14)2-3-10(8)19-11/h2-5,7H,6H2,1H3,(H,15,16)(H,17,18). The maximum Gasteiger partial charge on any atom is 0.308 e. The molecular weight excluding hydrogens is 269 g/mol. The first kappa shape index (κ1) is 13.5. The number of carboxylic acids is 1. The number of halogens is 1. The lowest BCUT2D eigenvalue weighted by Crippen LogP contribution is -2.30. The van der Waals surface area contributed by atoms with E-state index in [4.69, 9.17) is 5.11 Å². The number of amides is 1. The number of thiophene rings is 1. The summed E-state index contributed by atoms with van der Waals surface area (Å²) in [4.78, 5) is 22.9. The van der Waals surface area contributed by atoms with Crippen molar-refractivity contribution in [1.29, 1.82) is 0 Å². The number of carbonyl (C=O) groups is 2. The van der Waals surface area contributed by atoms with Crippen LogP contribution in [0.5, 0.6) is 0 Å². The Balaban J connectivity index is 2.11. The number of carbonyl (C=O) groups excluding carboxylic acids is 1. The third-order valence-corrected chi connectivity index (χ3v) is 3.81. The Morgan fingerprint density at radius 1 is 1.42 bits per heavy atom. The van der Waals surface area contributed by atoms with E-state index in [-0.39, 0.29) is 18.3 Å². The van der Waals surface area contributed by atoms with Gasteiger partial charge in [0.2, 0.25) is 0 Å². The molecule has 1 unspecified atom stereocenters. The van der Waals surface area contributed by atoms with Crippen molar-refractivity contribution in [1.82, 2.24) is 5.32 Å². The third-order valence-electron chi connectivity index (χ3n) is 2.69. The second kappa shape index (κ2) is 5.36. The van der Waals surface area contributed by atoms with Crippen molar-refractivity contribution in [2.24, 2.45) is 5.92 Å². The van der Waals surface area contributed by atoms with Gasteiger partial charge < -0.3 is 10.4 Å². The first-order valence-corrected chi connectivity index (χ1v) is 6.49. The van der Waals surface area contributed by atoms with Crippen molar-refractivity contribution in [3.63, 3.8) is 0 Å². The van der Waals surface area contributed by atoms with Crippen LogP contribution in [0.15, 0.2) is 24.3 Å². The van der Waals surface area contributed by atoms with Crippen LogP contribution in [0.2, 0.25) is 0 Å². The number of hydrogen-bond acceptors (Lipinski definition) is 3. The minimum atomic E-state index is -0.960. The van der Waals surface area contributed by atoms with Gasteiger partial charge in [0, 0.05) is 11.2 Å². The molecule has 4 nitrogen and oxygen atoms in total. The predicted molar refractivity (Wildman–Crippen MR) is 70.9 cm³/mol. The zero-order valence-electron chi connectivity index (χ0n) is 10.1. The summed E-state index contributed by atoms with van der Waals surface area (Å²) in [5.74, 6) is -2.29. The predicted octanol–water partition coefficient (Wildman–Crippen LogP) is 2.49. The van der Waals surface area contributed by atoms with Gasteiger partial charge in [0.1, 0.15) is 5.82 Å². The number of aliphatic carboxylic acids is 1. The topological polar surface area (TPSA) is 66.4 Å². The van der Waals surface area contributed by atoms with E-state index in [1.165, 1.54) is 30.4 Å². The molecular formula is C13H12FNO3S. The molecule has 0 saturated carbocycles. The highest BCUT2D eigenvalue weighted by Crippen LogP contribution is 2.26. The number of hydrogen-bond donors (Lipinski definition) is 2. The van der Waals surface area contributed by atoms with Crippen LogP contribution < -0.4 is 5.32 Å². The van der Waals surface area contributed by atoms with Gasteiger partial charge in [-0.1, -0.05) is 6.92 Å². The highest BCUT2D eigenvalue weighted by atomic mass is 32.1. The second-order valence-corrected chi connectivity index (χ2v) is 5.33. The molecule has 1 aromatic heterocycles. The molecule has 2 aromatic rings. The lowest BCUT2D eigenvalue weighted by Gasteiger charge is -2.06. The average molecular weight is 281 g/mol. The highest BCUT2D eigenvalue weighted by Gasteiger charge is 2.15. The molecule has 1 aromatic carbocycles. The molecule has 1 heterocycles. The molecule has 19 heavy (non-hydrogen) atoms. The smallest absolute Gasteiger partial charge is 0.308 e. The normalized spacial score (nSPS) is 12.3. The molecule has 0 aliphatic heterocycles. The Morgan fingerprint density at radius 3 is 2.84 bits per heavy atom. The van der Waals surface area contributed by atoms with Gasteiger partial charge in [0.05, 0.1) is 10.8 Å². The third kappa shape index (κ3) is 3.08. The van der Waals surface area contributed by atoms with E-state index in [2.05, 4.69) is 5.32 Å². The van der Waals surface area contributed by atoms with Gasteiger partial charge in [-0.3, -0.25) is 9.59 Å². The summed E-state index contributed by atoms with van der Waals surface area (Å²) in [5, 5.41) is 11.9. The van der Waals surface area contributed by atoms with Crippen LogP contribution in [-0.4, -0.2) is 23.5 Å². The molecule has 0 saturated heterocycles. The minimum absolute atomic E-state index is 0.0662. The van der Waals surface area contributed by atoms with Gasteiger partial charge in [0.15, 0.2) is 0 Å². The SMILES string of the molecule is CC(CNC(=O)c1cc2cc(F)ccc2s1)C(=O)O. The summed E-state index contributed by atoms with van der Waals surface area (Å²) >= 11 is 1.25. The van der Waals surface area contributed by atoms with Gasteiger partial charge in [-0.05, 0) is 29.7 Å². The monoisotopic (exact) mass is 281 g/mol. The van der Waals surface area contributed by atoms with Crippen LogP contribution in [-0.2, 0) is 4.79 Å². The van der Waals surface area contributed by atoms with Crippen LogP contribution >= 0.6 is 11.3 Å². The van der Waals surface area contributed by atoms with Gasteiger partial charge in [-0.25, -0.2) is 4.39 Å². The molecule has 0 aliphatic rings. The van der Waals surface area contributed by atoms with Gasteiger partial charge in [-0.2, -0.15) is 0 Å². The van der Waals surface area contributed by atoms with E-state index in [0.29, 0.717) is 10.3 Å². The van der Waals surface area contributed by atoms with Crippen molar-refractivity contribution < 1.29 is 19.1 Å². The molecule has 100 valence electrons. The van der Waals surface area contributed by atoms with E-state index in [9.17, 15) is 14.0 Å². The summed E-state index contributed by atoms with van der Waals surface area (Å²) in [6.07, 6.45) is 0. The molecule has 0 spiro atoms. The highest BCUT2D eigenvalue weighted by molar-refractivity contribution is 7.20. The minimum Gasteiger partial charge on any atom is -0.481 e. The van der Waals surface area contributed by atoms with Crippen molar-refractivity contribution >= 4 is 33.3 Å². The fraction of sp³-hybridized carbons (Fsp3) is 0.231. The first-order valence-electron chi connectivity index (χ1n) is 5.67. The first-order chi connectivity index (χ1) is 8.97. The van der Waals surface area contributed by atoms with Crippen molar-refractivity contribution in [2.75, 3.05) is 6.54 Å². The van der Waals surface area contributed by atoms with E-state index >= 15 is 0 Å². The Hall–Kier alpha value is -1.95. The van der Waals surface area contributed by atoms with Crippen LogP contribution in [0.25, 0.3) is 10.1 Å². The van der Waals surface area contributed by atoms with E-state index in [0.717, 1.165) is 4.70 Å². The number of carboxylic acid groups (broad SMARTS) is 1. The van der Waals surface area contributed by atoms with Crippen molar-refractivity contribution in [3.8, 4) is 0 Å². The van der Waals surface area contributed by atoms with E-state index in [1.807, 2.05) is 0 Å². The molecule has 1 amide bonds. The fourth-order valence-corrected chi connectivity index (χ4v) is 2.51.